The molecule has 0 fully saturated rings. The molecule has 0 spiro atoms. The Bertz CT molecular complexity index is 370. The van der Waals surface area contributed by atoms with Crippen LogP contribution in [0.2, 0.25) is 0 Å². The number of anilines is 1. The van der Waals surface area contributed by atoms with E-state index in [1.165, 1.54) is 17.8 Å². The Morgan fingerprint density at radius 1 is 1.67 bits per heavy atom. The lowest BCUT2D eigenvalue weighted by Gasteiger charge is -2.07. The minimum atomic E-state index is -0.515. The van der Waals surface area contributed by atoms with E-state index in [0.29, 0.717) is 0 Å². The first kappa shape index (κ1) is 11.8. The predicted octanol–water partition coefficient (Wildman–Crippen LogP) is 1.65. The van der Waals surface area contributed by atoms with Gasteiger partial charge in [0.1, 0.15) is 5.69 Å². The zero-order chi connectivity index (χ0) is 11.4. The molecule has 1 rings (SSSR count). The summed E-state index contributed by atoms with van der Waals surface area (Å²) in [4.78, 5) is 10.8. The first-order chi connectivity index (χ1) is 7.04. The minimum Gasteiger partial charge on any atom is -0.395 e. The third kappa shape index (κ3) is 3.10. The quantitative estimate of drug-likeness (QED) is 0.354. The Kier molecular flexibility index (Phi) is 3.93. The molecular formula is C9H12N2O3S. The van der Waals surface area contributed by atoms with Crippen molar-refractivity contribution in [2.45, 2.75) is 17.1 Å². The molecule has 0 aliphatic rings. The van der Waals surface area contributed by atoms with Gasteiger partial charge in [-0.25, -0.2) is 0 Å². The van der Waals surface area contributed by atoms with Crippen LogP contribution in [0.15, 0.2) is 23.1 Å². The molecule has 0 aliphatic heterocycles. The molecule has 6 heteroatoms. The number of hydrogen-bond donors (Lipinski definition) is 2. The zero-order valence-electron chi connectivity index (χ0n) is 8.21. The summed E-state index contributed by atoms with van der Waals surface area (Å²) in [7, 11) is 0. The van der Waals surface area contributed by atoms with Gasteiger partial charge in [0, 0.05) is 16.2 Å². The summed E-state index contributed by atoms with van der Waals surface area (Å²) >= 11 is 1.43. The van der Waals surface area contributed by atoms with Crippen LogP contribution in [0.3, 0.4) is 0 Å². The number of nitrogens with zero attached hydrogens (tertiary/aromatic N) is 1. The van der Waals surface area contributed by atoms with Gasteiger partial charge in [0.2, 0.25) is 0 Å². The van der Waals surface area contributed by atoms with Crippen molar-refractivity contribution in [3.05, 3.63) is 28.3 Å². The summed E-state index contributed by atoms with van der Waals surface area (Å²) in [5.41, 5.74) is 5.58. The van der Waals surface area contributed by atoms with Crippen LogP contribution >= 0.6 is 11.8 Å². The molecule has 3 N–H and O–H groups in total. The second-order valence-corrected chi connectivity index (χ2v) is 4.60. The van der Waals surface area contributed by atoms with Crippen LogP contribution in [-0.4, -0.2) is 21.9 Å². The van der Waals surface area contributed by atoms with Crippen LogP contribution in [0.25, 0.3) is 0 Å². The highest BCUT2D eigenvalue weighted by Crippen LogP contribution is 2.29. The van der Waals surface area contributed by atoms with E-state index in [9.17, 15) is 10.1 Å². The molecule has 0 saturated carbocycles. The van der Waals surface area contributed by atoms with Gasteiger partial charge in [-0.15, -0.1) is 11.8 Å². The van der Waals surface area contributed by atoms with Crippen molar-refractivity contribution in [1.82, 2.24) is 0 Å². The van der Waals surface area contributed by atoms with Gasteiger partial charge >= 0.3 is 0 Å². The van der Waals surface area contributed by atoms with E-state index in [1.807, 2.05) is 6.92 Å². The maximum Gasteiger partial charge on any atom is 0.292 e. The maximum absolute atomic E-state index is 10.5. The molecule has 0 amide bonds. The highest BCUT2D eigenvalue weighted by atomic mass is 32.2. The average Bonchev–Trinajstić information content (AvgIpc) is 2.17. The minimum absolute atomic E-state index is 0.0471. The summed E-state index contributed by atoms with van der Waals surface area (Å²) in [6.07, 6.45) is 0. The first-order valence-electron chi connectivity index (χ1n) is 4.36. The van der Waals surface area contributed by atoms with E-state index >= 15 is 0 Å². The number of thioether (sulfide) groups is 1. The molecule has 0 heterocycles. The van der Waals surface area contributed by atoms with E-state index in [4.69, 9.17) is 10.8 Å². The summed E-state index contributed by atoms with van der Waals surface area (Å²) < 4.78 is 0. The van der Waals surface area contributed by atoms with Crippen molar-refractivity contribution in [2.24, 2.45) is 0 Å². The van der Waals surface area contributed by atoms with Gasteiger partial charge in [0.25, 0.3) is 5.69 Å². The van der Waals surface area contributed by atoms with Crippen molar-refractivity contribution in [3.8, 4) is 0 Å². The monoisotopic (exact) mass is 228 g/mol. The zero-order valence-corrected chi connectivity index (χ0v) is 9.03. The lowest BCUT2D eigenvalue weighted by Crippen LogP contribution is -2.02. The molecule has 0 aliphatic carbocycles. The molecular weight excluding hydrogens is 216 g/mol. The molecule has 82 valence electrons. The summed E-state index contributed by atoms with van der Waals surface area (Å²) in [5, 5.41) is 19.4. The van der Waals surface area contributed by atoms with E-state index in [-0.39, 0.29) is 23.2 Å². The second-order valence-electron chi connectivity index (χ2n) is 3.09. The molecule has 0 aromatic heterocycles. The largest absolute Gasteiger partial charge is 0.395 e. The van der Waals surface area contributed by atoms with Crippen molar-refractivity contribution in [3.63, 3.8) is 0 Å². The van der Waals surface area contributed by atoms with Crippen LogP contribution in [0.5, 0.6) is 0 Å². The van der Waals surface area contributed by atoms with Crippen LogP contribution in [0, 0.1) is 10.1 Å². The second kappa shape index (κ2) is 4.99. The average molecular weight is 228 g/mol. The fourth-order valence-electron chi connectivity index (χ4n) is 1.04. The Morgan fingerprint density at radius 2 is 2.33 bits per heavy atom. The molecule has 0 bridgehead atoms. The standard InChI is InChI=1S/C9H12N2O3S/c1-6(5-12)15-7-2-3-9(11(13)14)8(10)4-7/h2-4,6,12H,5,10H2,1H3. The number of rotatable bonds is 4. The number of hydrogen-bond acceptors (Lipinski definition) is 5. The highest BCUT2D eigenvalue weighted by Gasteiger charge is 2.12. The third-order valence-electron chi connectivity index (χ3n) is 1.79. The SMILES string of the molecule is CC(CO)Sc1ccc([N+](=O)[O-])c(N)c1. The van der Waals surface area contributed by atoms with E-state index in [0.717, 1.165) is 4.90 Å². The molecule has 1 aromatic carbocycles. The molecule has 1 aromatic rings. The molecule has 15 heavy (non-hydrogen) atoms. The van der Waals surface area contributed by atoms with E-state index in [2.05, 4.69) is 0 Å². The van der Waals surface area contributed by atoms with Crippen molar-refractivity contribution in [1.29, 1.82) is 0 Å². The van der Waals surface area contributed by atoms with Gasteiger partial charge in [-0.3, -0.25) is 10.1 Å². The van der Waals surface area contributed by atoms with Crippen LogP contribution < -0.4 is 5.73 Å². The topological polar surface area (TPSA) is 89.4 Å². The summed E-state index contributed by atoms with van der Waals surface area (Å²) in [6, 6.07) is 4.56. The van der Waals surface area contributed by atoms with Crippen molar-refractivity contribution in [2.75, 3.05) is 12.3 Å². The molecule has 0 saturated heterocycles. The number of aliphatic hydroxyl groups excluding tert-OH is 1. The van der Waals surface area contributed by atoms with E-state index < -0.39 is 4.92 Å². The van der Waals surface area contributed by atoms with Gasteiger partial charge in [0.05, 0.1) is 11.5 Å². The lowest BCUT2D eigenvalue weighted by molar-refractivity contribution is -0.383. The maximum atomic E-state index is 10.5. The number of nitrogens with two attached hydrogens (primary N) is 1. The van der Waals surface area contributed by atoms with Gasteiger partial charge in [-0.2, -0.15) is 0 Å². The number of nitrogen functional groups attached to an aromatic ring is 1. The fraction of sp³-hybridized carbons (Fsp3) is 0.333. The summed E-state index contributed by atoms with van der Waals surface area (Å²) in [5.74, 6) is 0. The number of benzene rings is 1. The predicted molar refractivity (Wildman–Crippen MR) is 59.9 cm³/mol. The van der Waals surface area contributed by atoms with Crippen LogP contribution in [0.4, 0.5) is 11.4 Å². The first-order valence-corrected chi connectivity index (χ1v) is 5.24. The van der Waals surface area contributed by atoms with Gasteiger partial charge in [-0.1, -0.05) is 6.92 Å². The number of nitro groups is 1. The number of aliphatic hydroxyl groups is 1. The Morgan fingerprint density at radius 3 is 2.80 bits per heavy atom. The Labute approximate surface area is 91.4 Å². The van der Waals surface area contributed by atoms with Gasteiger partial charge in [0.15, 0.2) is 0 Å². The van der Waals surface area contributed by atoms with Crippen molar-refractivity contribution >= 4 is 23.1 Å². The fourth-order valence-corrected chi connectivity index (χ4v) is 1.92. The van der Waals surface area contributed by atoms with Crippen molar-refractivity contribution < 1.29 is 10.0 Å². The Balaban J connectivity index is 2.87. The third-order valence-corrected chi connectivity index (χ3v) is 2.87. The van der Waals surface area contributed by atoms with Crippen LogP contribution in [0.1, 0.15) is 6.92 Å². The molecule has 5 nitrogen and oxygen atoms in total. The lowest BCUT2D eigenvalue weighted by atomic mass is 10.3. The van der Waals surface area contributed by atoms with Crippen LogP contribution in [-0.2, 0) is 0 Å². The Hall–Kier alpha value is -1.27. The summed E-state index contributed by atoms with van der Waals surface area (Å²) in [6.45, 7) is 1.92. The highest BCUT2D eigenvalue weighted by molar-refractivity contribution is 8.00. The molecule has 1 atom stereocenters. The molecule has 1 unspecified atom stereocenters. The normalized spacial score (nSPS) is 12.4. The molecule has 0 radical (unpaired) electrons. The van der Waals surface area contributed by atoms with Gasteiger partial charge < -0.3 is 10.8 Å². The van der Waals surface area contributed by atoms with E-state index in [1.54, 1.807) is 12.1 Å². The number of nitro benzene ring substituents is 1. The smallest absolute Gasteiger partial charge is 0.292 e. The van der Waals surface area contributed by atoms with Gasteiger partial charge in [-0.05, 0) is 12.1 Å².